The van der Waals surface area contributed by atoms with E-state index in [0.29, 0.717) is 29.1 Å². The molecule has 0 atom stereocenters. The Morgan fingerprint density at radius 2 is 2.09 bits per heavy atom. The highest BCUT2D eigenvalue weighted by atomic mass is 35.5. The molecule has 0 fully saturated rings. The molecule has 0 spiro atoms. The van der Waals surface area contributed by atoms with Crippen LogP contribution < -0.4 is 5.32 Å². The third-order valence-corrected chi connectivity index (χ3v) is 3.17. The summed E-state index contributed by atoms with van der Waals surface area (Å²) < 4.78 is 5.26. The van der Waals surface area contributed by atoms with Gasteiger partial charge < -0.3 is 14.9 Å². The van der Waals surface area contributed by atoms with Crippen LogP contribution in [0.2, 0.25) is 5.02 Å². The van der Waals surface area contributed by atoms with Gasteiger partial charge in [-0.05, 0) is 24.3 Å². The van der Waals surface area contributed by atoms with Crippen LogP contribution in [0, 0.1) is 0 Å². The van der Waals surface area contributed by atoms with Gasteiger partial charge in [0.1, 0.15) is 5.82 Å². The fourth-order valence-electron chi connectivity index (χ4n) is 1.89. The van der Waals surface area contributed by atoms with Gasteiger partial charge in [0.25, 0.3) is 5.89 Å². The molecule has 2 heterocycles. The lowest BCUT2D eigenvalue weighted by atomic mass is 10.2. The number of rotatable bonds is 5. The highest BCUT2D eigenvalue weighted by Gasteiger charge is 2.11. The first kappa shape index (κ1) is 14.5. The molecule has 1 aromatic carbocycles. The summed E-state index contributed by atoms with van der Waals surface area (Å²) in [7, 11) is 0. The Labute approximate surface area is 131 Å². The van der Waals surface area contributed by atoms with Gasteiger partial charge >= 0.3 is 0 Å². The van der Waals surface area contributed by atoms with Crippen molar-refractivity contribution in [1.82, 2.24) is 15.1 Å². The van der Waals surface area contributed by atoms with E-state index in [9.17, 15) is 0 Å². The predicted octanol–water partition coefficient (Wildman–Crippen LogP) is 2.86. The molecule has 3 aromatic rings. The van der Waals surface area contributed by atoms with Crippen LogP contribution in [0.1, 0.15) is 0 Å². The third kappa shape index (κ3) is 3.24. The first-order chi connectivity index (χ1) is 10.8. The molecule has 0 saturated carbocycles. The number of aromatic nitrogens is 3. The quantitative estimate of drug-likeness (QED) is 0.753. The summed E-state index contributed by atoms with van der Waals surface area (Å²) in [6, 6.07) is 10.9. The second-order valence-electron chi connectivity index (χ2n) is 4.52. The first-order valence-corrected chi connectivity index (χ1v) is 7.05. The molecule has 0 aliphatic heterocycles. The minimum atomic E-state index is 0.0517. The van der Waals surface area contributed by atoms with Gasteiger partial charge in [-0.25, -0.2) is 4.98 Å². The summed E-state index contributed by atoms with van der Waals surface area (Å²) in [6.07, 6.45) is 1.63. The molecule has 0 amide bonds. The third-order valence-electron chi connectivity index (χ3n) is 2.94. The van der Waals surface area contributed by atoms with Crippen LogP contribution in [0.25, 0.3) is 22.8 Å². The number of hydrogen-bond acceptors (Lipinski definition) is 6. The van der Waals surface area contributed by atoms with Gasteiger partial charge in [0.05, 0.1) is 12.2 Å². The maximum Gasteiger partial charge on any atom is 0.259 e. The van der Waals surface area contributed by atoms with Crippen LogP contribution in [-0.2, 0) is 0 Å². The molecule has 0 saturated heterocycles. The second-order valence-corrected chi connectivity index (χ2v) is 4.95. The lowest BCUT2D eigenvalue weighted by molar-refractivity contribution is 0.311. The average molecular weight is 317 g/mol. The van der Waals surface area contributed by atoms with E-state index < -0.39 is 0 Å². The van der Waals surface area contributed by atoms with Crippen molar-refractivity contribution in [3.8, 4) is 22.8 Å². The number of aliphatic hydroxyl groups is 1. The van der Waals surface area contributed by atoms with Crippen LogP contribution >= 0.6 is 11.6 Å². The van der Waals surface area contributed by atoms with Gasteiger partial charge in [0.2, 0.25) is 5.82 Å². The van der Waals surface area contributed by atoms with E-state index in [1.165, 1.54) is 0 Å². The molecule has 22 heavy (non-hydrogen) atoms. The Bertz CT molecular complexity index is 758. The molecule has 0 unspecified atom stereocenters. The molecule has 0 bridgehead atoms. The van der Waals surface area contributed by atoms with Crippen molar-refractivity contribution >= 4 is 17.4 Å². The van der Waals surface area contributed by atoms with E-state index in [-0.39, 0.29) is 6.61 Å². The smallest absolute Gasteiger partial charge is 0.259 e. The number of pyridine rings is 1. The van der Waals surface area contributed by atoms with Crippen molar-refractivity contribution < 1.29 is 9.63 Å². The Morgan fingerprint density at radius 1 is 1.18 bits per heavy atom. The molecule has 0 aliphatic rings. The minimum Gasteiger partial charge on any atom is -0.395 e. The Kier molecular flexibility index (Phi) is 4.32. The van der Waals surface area contributed by atoms with Crippen LogP contribution in [0.15, 0.2) is 47.1 Å². The number of nitrogens with zero attached hydrogens (tertiary/aromatic N) is 3. The largest absolute Gasteiger partial charge is 0.395 e. The lowest BCUT2D eigenvalue weighted by Gasteiger charge is -2.02. The summed E-state index contributed by atoms with van der Waals surface area (Å²) in [4.78, 5) is 8.56. The summed E-state index contributed by atoms with van der Waals surface area (Å²) in [5.74, 6) is 1.53. The molecule has 2 aromatic heterocycles. The molecular weight excluding hydrogens is 304 g/mol. The molecule has 7 heteroatoms. The van der Waals surface area contributed by atoms with E-state index in [1.807, 2.05) is 18.2 Å². The van der Waals surface area contributed by atoms with Crippen molar-refractivity contribution in [1.29, 1.82) is 0 Å². The molecule has 2 N–H and O–H groups in total. The van der Waals surface area contributed by atoms with Gasteiger partial charge in [0, 0.05) is 23.3 Å². The van der Waals surface area contributed by atoms with Crippen molar-refractivity contribution in [3.05, 3.63) is 47.6 Å². The minimum absolute atomic E-state index is 0.0517. The number of halogens is 1. The summed E-state index contributed by atoms with van der Waals surface area (Å²) >= 11 is 5.96. The van der Waals surface area contributed by atoms with Crippen molar-refractivity contribution in [2.45, 2.75) is 0 Å². The van der Waals surface area contributed by atoms with Gasteiger partial charge in [0.15, 0.2) is 0 Å². The second kappa shape index (κ2) is 6.55. The van der Waals surface area contributed by atoms with E-state index >= 15 is 0 Å². The number of aliphatic hydroxyl groups excluding tert-OH is 1. The fourth-order valence-corrected chi connectivity index (χ4v) is 2.08. The van der Waals surface area contributed by atoms with Gasteiger partial charge in [-0.3, -0.25) is 0 Å². The molecule has 3 rings (SSSR count). The topological polar surface area (TPSA) is 84.1 Å². The van der Waals surface area contributed by atoms with Gasteiger partial charge in [-0.2, -0.15) is 4.98 Å². The van der Waals surface area contributed by atoms with E-state index in [0.717, 1.165) is 11.1 Å². The highest BCUT2D eigenvalue weighted by molar-refractivity contribution is 6.30. The zero-order valence-electron chi connectivity index (χ0n) is 11.5. The molecule has 0 aliphatic carbocycles. The van der Waals surface area contributed by atoms with E-state index in [4.69, 9.17) is 21.2 Å². The normalized spacial score (nSPS) is 10.6. The van der Waals surface area contributed by atoms with Crippen molar-refractivity contribution in [2.75, 3.05) is 18.5 Å². The predicted molar refractivity (Wildman–Crippen MR) is 83.6 cm³/mol. The molecule has 112 valence electrons. The lowest BCUT2D eigenvalue weighted by Crippen LogP contribution is -2.06. The van der Waals surface area contributed by atoms with Gasteiger partial charge in [-0.15, -0.1) is 0 Å². The highest BCUT2D eigenvalue weighted by Crippen LogP contribution is 2.24. The number of anilines is 1. The van der Waals surface area contributed by atoms with Crippen LogP contribution in [0.5, 0.6) is 0 Å². The average Bonchev–Trinajstić information content (AvgIpc) is 3.03. The molecular formula is C15H13ClN4O2. The Morgan fingerprint density at radius 3 is 2.82 bits per heavy atom. The summed E-state index contributed by atoms with van der Waals surface area (Å²) in [5.41, 5.74) is 1.51. The maximum atomic E-state index is 8.76. The zero-order valence-corrected chi connectivity index (χ0v) is 12.3. The van der Waals surface area contributed by atoms with Crippen LogP contribution in [0.4, 0.5) is 5.82 Å². The maximum absolute atomic E-state index is 8.76. The van der Waals surface area contributed by atoms with Crippen LogP contribution in [-0.4, -0.2) is 33.4 Å². The number of nitrogens with one attached hydrogen (secondary N) is 1. The van der Waals surface area contributed by atoms with Gasteiger partial charge in [-0.1, -0.05) is 28.9 Å². The monoisotopic (exact) mass is 316 g/mol. The van der Waals surface area contributed by atoms with Crippen molar-refractivity contribution in [3.63, 3.8) is 0 Å². The summed E-state index contributed by atoms with van der Waals surface area (Å²) in [5, 5.41) is 16.3. The first-order valence-electron chi connectivity index (χ1n) is 6.67. The van der Waals surface area contributed by atoms with E-state index in [2.05, 4.69) is 20.4 Å². The van der Waals surface area contributed by atoms with E-state index in [1.54, 1.807) is 24.4 Å². The Balaban J connectivity index is 1.81. The fraction of sp³-hybridized carbons (Fsp3) is 0.133. The molecule has 6 nitrogen and oxygen atoms in total. The van der Waals surface area contributed by atoms with Crippen LogP contribution in [0.3, 0.4) is 0 Å². The summed E-state index contributed by atoms with van der Waals surface area (Å²) in [6.45, 7) is 0.502. The zero-order chi connectivity index (χ0) is 15.4. The van der Waals surface area contributed by atoms with Crippen molar-refractivity contribution in [2.24, 2.45) is 0 Å². The molecule has 0 radical (unpaired) electrons. The number of benzene rings is 1. The number of hydrogen-bond donors (Lipinski definition) is 2. The Hall–Kier alpha value is -2.44. The SMILES string of the molecule is OCCNc1ccc(-c2nc(-c3cccc(Cl)c3)no2)cn1. The standard InChI is InChI=1S/C15H13ClN4O2/c16-12-3-1-2-10(8-12)14-19-15(22-20-14)11-4-5-13(18-9-11)17-6-7-21/h1-5,8-9,21H,6-7H2,(H,17,18).